The Kier molecular flexibility index (Phi) is 3.26. The van der Waals surface area contributed by atoms with Gasteiger partial charge in [0.15, 0.2) is 0 Å². The Morgan fingerprint density at radius 3 is 2.62 bits per heavy atom. The van der Waals surface area contributed by atoms with Crippen LogP contribution in [0.15, 0.2) is 48.7 Å². The van der Waals surface area contributed by atoms with Gasteiger partial charge in [-0.2, -0.15) is 0 Å². The molecule has 0 aliphatic heterocycles. The molecule has 3 nitrogen and oxygen atoms in total. The number of benzene rings is 2. The minimum Gasteiger partial charge on any atom is -0.478 e. The molecular formula is C18H17NO2. The summed E-state index contributed by atoms with van der Waals surface area (Å²) in [5.41, 5.74) is 4.82. The largest absolute Gasteiger partial charge is 0.478 e. The molecule has 3 rings (SSSR count). The van der Waals surface area contributed by atoms with E-state index in [1.807, 2.05) is 25.2 Å². The van der Waals surface area contributed by atoms with Crippen LogP contribution >= 0.6 is 0 Å². The number of carboxylic acids is 1. The molecule has 0 aliphatic carbocycles. The van der Waals surface area contributed by atoms with Crippen molar-refractivity contribution in [1.29, 1.82) is 0 Å². The van der Waals surface area contributed by atoms with Crippen LogP contribution in [0.1, 0.15) is 27.0 Å². The fourth-order valence-electron chi connectivity index (χ4n) is 2.98. The van der Waals surface area contributed by atoms with Gasteiger partial charge >= 0.3 is 5.97 Å². The van der Waals surface area contributed by atoms with E-state index in [1.165, 1.54) is 16.5 Å². The van der Waals surface area contributed by atoms with Crippen molar-refractivity contribution in [3.8, 4) is 0 Å². The molecule has 0 radical (unpaired) electrons. The molecule has 0 aliphatic rings. The summed E-state index contributed by atoms with van der Waals surface area (Å²) in [6.07, 6.45) is 2.72. The zero-order chi connectivity index (χ0) is 15.0. The van der Waals surface area contributed by atoms with Crippen molar-refractivity contribution in [3.05, 3.63) is 70.9 Å². The van der Waals surface area contributed by atoms with Gasteiger partial charge in [-0.15, -0.1) is 0 Å². The van der Waals surface area contributed by atoms with Crippen LogP contribution in [0.4, 0.5) is 0 Å². The topological polar surface area (TPSA) is 42.2 Å². The van der Waals surface area contributed by atoms with E-state index >= 15 is 0 Å². The summed E-state index contributed by atoms with van der Waals surface area (Å²) in [5.74, 6) is -0.873. The molecule has 1 heterocycles. The second-order valence-electron chi connectivity index (χ2n) is 5.38. The molecule has 3 aromatic rings. The Bertz CT molecular complexity index is 830. The van der Waals surface area contributed by atoms with Crippen LogP contribution in [0.2, 0.25) is 0 Å². The van der Waals surface area contributed by atoms with E-state index in [1.54, 1.807) is 12.1 Å². The van der Waals surface area contributed by atoms with Gasteiger partial charge in [0.25, 0.3) is 0 Å². The van der Waals surface area contributed by atoms with Crippen molar-refractivity contribution in [1.82, 2.24) is 4.57 Å². The summed E-state index contributed by atoms with van der Waals surface area (Å²) in [7, 11) is 2.03. The lowest BCUT2D eigenvalue weighted by Gasteiger charge is -2.05. The van der Waals surface area contributed by atoms with E-state index in [0.717, 1.165) is 11.1 Å². The van der Waals surface area contributed by atoms with Gasteiger partial charge in [0.05, 0.1) is 11.1 Å². The van der Waals surface area contributed by atoms with Crippen LogP contribution in [0.5, 0.6) is 0 Å². The predicted octanol–water partition coefficient (Wildman–Crippen LogP) is 3.78. The second kappa shape index (κ2) is 5.09. The van der Waals surface area contributed by atoms with Gasteiger partial charge in [-0.05, 0) is 29.7 Å². The Morgan fingerprint density at radius 1 is 1.10 bits per heavy atom. The zero-order valence-electron chi connectivity index (χ0n) is 12.1. The van der Waals surface area contributed by atoms with Crippen LogP contribution in [-0.4, -0.2) is 15.6 Å². The van der Waals surface area contributed by atoms with E-state index in [2.05, 4.69) is 29.8 Å². The molecule has 2 aromatic carbocycles. The van der Waals surface area contributed by atoms with Gasteiger partial charge in [-0.25, -0.2) is 4.79 Å². The van der Waals surface area contributed by atoms with E-state index < -0.39 is 5.97 Å². The Labute approximate surface area is 123 Å². The monoisotopic (exact) mass is 279 g/mol. The quantitative estimate of drug-likeness (QED) is 0.793. The highest BCUT2D eigenvalue weighted by Crippen LogP contribution is 2.26. The number of aromatic carboxylic acids is 1. The maximum atomic E-state index is 11.3. The smallest absolute Gasteiger partial charge is 0.335 e. The third-order valence-electron chi connectivity index (χ3n) is 3.91. The van der Waals surface area contributed by atoms with Gasteiger partial charge in [0, 0.05) is 25.1 Å². The number of para-hydroxylation sites is 1. The van der Waals surface area contributed by atoms with Crippen molar-refractivity contribution < 1.29 is 9.90 Å². The molecule has 0 saturated heterocycles. The predicted molar refractivity (Wildman–Crippen MR) is 83.9 cm³/mol. The molecule has 1 N–H and O–H groups in total. The van der Waals surface area contributed by atoms with Crippen molar-refractivity contribution in [2.24, 2.45) is 7.05 Å². The summed E-state index contributed by atoms with van der Waals surface area (Å²) in [6.45, 7) is 2.09. The van der Waals surface area contributed by atoms with E-state index in [4.69, 9.17) is 0 Å². The molecule has 0 unspecified atom stereocenters. The van der Waals surface area contributed by atoms with Gasteiger partial charge in [0.2, 0.25) is 0 Å². The van der Waals surface area contributed by atoms with Crippen molar-refractivity contribution in [2.45, 2.75) is 13.3 Å². The lowest BCUT2D eigenvalue weighted by atomic mass is 9.99. The maximum Gasteiger partial charge on any atom is 0.335 e. The first kappa shape index (κ1) is 13.4. The number of aryl methyl sites for hydroxylation is 2. The summed E-state index contributed by atoms with van der Waals surface area (Å²) < 4.78 is 2.11. The van der Waals surface area contributed by atoms with Crippen LogP contribution in [0.25, 0.3) is 10.9 Å². The number of aromatic nitrogens is 1. The molecular weight excluding hydrogens is 262 g/mol. The Balaban J connectivity index is 2.12. The molecule has 1 aromatic heterocycles. The third-order valence-corrected chi connectivity index (χ3v) is 3.91. The highest BCUT2D eigenvalue weighted by molar-refractivity contribution is 5.90. The second-order valence-corrected chi connectivity index (χ2v) is 5.38. The van der Waals surface area contributed by atoms with Crippen LogP contribution in [0.3, 0.4) is 0 Å². The number of hydrogen-bond acceptors (Lipinski definition) is 1. The fraction of sp³-hybridized carbons (Fsp3) is 0.167. The highest BCUT2D eigenvalue weighted by atomic mass is 16.4. The van der Waals surface area contributed by atoms with Gasteiger partial charge in [0.1, 0.15) is 0 Å². The molecule has 0 spiro atoms. The van der Waals surface area contributed by atoms with Crippen LogP contribution in [0, 0.1) is 6.92 Å². The normalized spacial score (nSPS) is 11.0. The van der Waals surface area contributed by atoms with E-state index in [9.17, 15) is 9.90 Å². The first-order valence-corrected chi connectivity index (χ1v) is 6.92. The molecule has 3 heteroatoms. The number of rotatable bonds is 3. The number of fused-ring (bicyclic) bond motifs is 1. The van der Waals surface area contributed by atoms with Crippen LogP contribution < -0.4 is 0 Å². The fourth-order valence-corrected chi connectivity index (χ4v) is 2.98. The molecule has 0 atom stereocenters. The van der Waals surface area contributed by atoms with Crippen molar-refractivity contribution in [3.63, 3.8) is 0 Å². The zero-order valence-corrected chi connectivity index (χ0v) is 12.1. The first-order valence-electron chi connectivity index (χ1n) is 6.92. The summed E-state index contributed by atoms with van der Waals surface area (Å²) >= 11 is 0. The standard InChI is InChI=1S/C18H17NO2/c1-12-6-5-9-15-14(11-19(2)17(12)15)10-13-7-3-4-8-16(13)18(20)21/h3-9,11H,10H2,1-2H3,(H,20,21). The molecule has 0 fully saturated rings. The molecule has 0 amide bonds. The summed E-state index contributed by atoms with van der Waals surface area (Å²) in [5, 5.41) is 10.5. The maximum absolute atomic E-state index is 11.3. The Morgan fingerprint density at radius 2 is 1.86 bits per heavy atom. The minimum absolute atomic E-state index is 0.377. The number of nitrogens with zero attached hydrogens (tertiary/aromatic N) is 1. The highest BCUT2D eigenvalue weighted by Gasteiger charge is 2.13. The number of carbonyl (C=O) groups is 1. The number of carboxylic acid groups (broad SMARTS) is 1. The Hall–Kier alpha value is -2.55. The minimum atomic E-state index is -0.873. The number of hydrogen-bond donors (Lipinski definition) is 1. The molecule has 106 valence electrons. The van der Waals surface area contributed by atoms with E-state index in [-0.39, 0.29) is 0 Å². The van der Waals surface area contributed by atoms with Gasteiger partial charge in [-0.3, -0.25) is 0 Å². The summed E-state index contributed by atoms with van der Waals surface area (Å²) in [4.78, 5) is 11.3. The average molecular weight is 279 g/mol. The lowest BCUT2D eigenvalue weighted by molar-refractivity contribution is 0.0696. The molecule has 21 heavy (non-hydrogen) atoms. The van der Waals surface area contributed by atoms with Gasteiger partial charge < -0.3 is 9.67 Å². The van der Waals surface area contributed by atoms with Crippen molar-refractivity contribution in [2.75, 3.05) is 0 Å². The first-order chi connectivity index (χ1) is 10.1. The van der Waals surface area contributed by atoms with Crippen molar-refractivity contribution >= 4 is 16.9 Å². The van der Waals surface area contributed by atoms with Gasteiger partial charge in [-0.1, -0.05) is 36.4 Å². The lowest BCUT2D eigenvalue weighted by Crippen LogP contribution is -2.02. The average Bonchev–Trinajstić information content (AvgIpc) is 2.77. The van der Waals surface area contributed by atoms with E-state index in [0.29, 0.717) is 12.0 Å². The molecule has 0 bridgehead atoms. The van der Waals surface area contributed by atoms with Crippen LogP contribution in [-0.2, 0) is 13.5 Å². The molecule has 0 saturated carbocycles. The summed E-state index contributed by atoms with van der Waals surface area (Å²) in [6, 6.07) is 13.4. The third kappa shape index (κ3) is 2.31. The SMILES string of the molecule is Cc1cccc2c(Cc3ccccc3C(=O)O)cn(C)c12.